The number of pyridine rings is 1. The van der Waals surface area contributed by atoms with Crippen LogP contribution in [0.5, 0.6) is 11.8 Å². The zero-order valence-corrected chi connectivity index (χ0v) is 19.3. The largest absolute Gasteiger partial charge is 0.481 e. The number of carbonyl (C=O) groups is 1. The Morgan fingerprint density at radius 3 is 2.64 bits per heavy atom. The van der Waals surface area contributed by atoms with Gasteiger partial charge in [0.25, 0.3) is 5.91 Å². The van der Waals surface area contributed by atoms with E-state index < -0.39 is 5.54 Å². The second-order valence-corrected chi connectivity index (χ2v) is 9.03. The number of fused-ring (bicyclic) bond motifs is 1. The van der Waals surface area contributed by atoms with Crippen molar-refractivity contribution in [3.63, 3.8) is 0 Å². The lowest BCUT2D eigenvalue weighted by molar-refractivity contribution is 0.0690. The summed E-state index contributed by atoms with van der Waals surface area (Å²) in [5, 5.41) is 7.38. The molecule has 1 saturated carbocycles. The molecule has 0 bridgehead atoms. The number of hydrogen-bond donors (Lipinski definition) is 2. The third-order valence-electron chi connectivity index (χ3n) is 6.89. The van der Waals surface area contributed by atoms with E-state index in [-0.39, 0.29) is 11.8 Å². The van der Waals surface area contributed by atoms with Crippen molar-refractivity contribution in [3.8, 4) is 11.8 Å². The average molecular weight is 450 g/mol. The number of hydrogen-bond acceptors (Lipinski definition) is 6. The summed E-state index contributed by atoms with van der Waals surface area (Å²) < 4.78 is 10.6. The van der Waals surface area contributed by atoms with Gasteiger partial charge in [0.15, 0.2) is 0 Å². The summed E-state index contributed by atoms with van der Waals surface area (Å²) in [5.74, 6) is 1.55. The summed E-state index contributed by atoms with van der Waals surface area (Å²) in [4.78, 5) is 25.0. The number of nitrogens with zero attached hydrogens (tertiary/aromatic N) is 3. The monoisotopic (exact) mass is 449 g/mol. The van der Waals surface area contributed by atoms with Gasteiger partial charge in [-0.3, -0.25) is 9.79 Å². The fourth-order valence-electron chi connectivity index (χ4n) is 5.19. The Morgan fingerprint density at radius 2 is 1.88 bits per heavy atom. The fraction of sp³-hybridized carbons (Fsp3) is 0.480. The van der Waals surface area contributed by atoms with Crippen LogP contribution in [0.25, 0.3) is 0 Å². The van der Waals surface area contributed by atoms with Gasteiger partial charge in [0.1, 0.15) is 16.9 Å². The lowest BCUT2D eigenvalue weighted by Gasteiger charge is -2.47. The van der Waals surface area contributed by atoms with Gasteiger partial charge in [-0.25, -0.2) is 0 Å². The Bertz CT molecular complexity index is 1070. The third-order valence-corrected chi connectivity index (χ3v) is 6.89. The zero-order chi connectivity index (χ0) is 22.8. The van der Waals surface area contributed by atoms with Crippen LogP contribution in [0.1, 0.15) is 48.9 Å². The van der Waals surface area contributed by atoms with E-state index >= 15 is 0 Å². The number of rotatable bonds is 4. The summed E-state index contributed by atoms with van der Waals surface area (Å²) in [6.07, 6.45) is 6.49. The first kappa shape index (κ1) is 21.6. The minimum atomic E-state index is -0.446. The van der Waals surface area contributed by atoms with Crippen LogP contribution in [0.4, 0.5) is 11.4 Å². The first-order chi connectivity index (χ1) is 16.1. The SMILES string of the molecule is COc1ccc(C(=O)N2CCC[C@@]3(C2)Nc2ccccc2NC3=NC2CCCC2)c(OC)n1. The molecule has 1 atom stereocenters. The molecule has 2 aliphatic heterocycles. The van der Waals surface area contributed by atoms with E-state index in [0.717, 1.165) is 42.9 Å². The molecule has 3 heterocycles. The summed E-state index contributed by atoms with van der Waals surface area (Å²) in [6, 6.07) is 12.0. The Morgan fingerprint density at radius 1 is 1.09 bits per heavy atom. The minimum Gasteiger partial charge on any atom is -0.481 e. The smallest absolute Gasteiger partial charge is 0.259 e. The van der Waals surface area contributed by atoms with Crippen LogP contribution >= 0.6 is 0 Å². The second-order valence-electron chi connectivity index (χ2n) is 9.03. The molecule has 1 saturated heterocycles. The highest BCUT2D eigenvalue weighted by Gasteiger charge is 2.45. The van der Waals surface area contributed by atoms with Gasteiger partial charge in [-0.05, 0) is 43.9 Å². The van der Waals surface area contributed by atoms with Gasteiger partial charge in [0.05, 0.1) is 38.2 Å². The van der Waals surface area contributed by atoms with Crippen molar-refractivity contribution >= 4 is 23.1 Å². The van der Waals surface area contributed by atoms with Crippen LogP contribution in [-0.4, -0.2) is 60.5 Å². The lowest BCUT2D eigenvalue weighted by atomic mass is 9.84. The molecule has 2 fully saturated rings. The molecule has 8 nitrogen and oxygen atoms in total. The first-order valence-corrected chi connectivity index (χ1v) is 11.7. The van der Waals surface area contributed by atoms with Gasteiger partial charge in [-0.2, -0.15) is 4.98 Å². The maximum Gasteiger partial charge on any atom is 0.259 e. The standard InChI is InChI=1S/C25H31N5O3/c1-32-21-13-12-18(22(28-21)33-2)23(31)30-15-7-14-25(16-30)24(26-17-8-3-4-9-17)27-19-10-5-6-11-20(19)29-25/h5-6,10-13,17,29H,3-4,7-9,14-16H2,1-2H3,(H,26,27)/t25-/m0/s1. The van der Waals surface area contributed by atoms with Crippen molar-refractivity contribution in [1.29, 1.82) is 0 Å². The fourth-order valence-corrected chi connectivity index (χ4v) is 5.19. The number of amidine groups is 1. The number of likely N-dealkylation sites (tertiary alicyclic amines) is 1. The van der Waals surface area contributed by atoms with Crippen molar-refractivity contribution < 1.29 is 14.3 Å². The number of anilines is 2. The van der Waals surface area contributed by atoms with Gasteiger partial charge in [-0.15, -0.1) is 0 Å². The number of nitrogens with one attached hydrogen (secondary N) is 2. The van der Waals surface area contributed by atoms with Crippen LogP contribution in [0.2, 0.25) is 0 Å². The third kappa shape index (κ3) is 4.10. The van der Waals surface area contributed by atoms with Gasteiger partial charge in [0, 0.05) is 12.6 Å². The Hall–Kier alpha value is -3.29. The maximum atomic E-state index is 13.6. The number of carbonyl (C=O) groups excluding carboxylic acids is 1. The molecule has 8 heteroatoms. The quantitative estimate of drug-likeness (QED) is 0.735. The second kappa shape index (κ2) is 8.92. The van der Waals surface area contributed by atoms with Crippen molar-refractivity contribution in [3.05, 3.63) is 42.0 Å². The van der Waals surface area contributed by atoms with E-state index in [0.29, 0.717) is 30.6 Å². The highest BCUT2D eigenvalue weighted by atomic mass is 16.5. The van der Waals surface area contributed by atoms with Crippen LogP contribution in [0.3, 0.4) is 0 Å². The molecule has 174 valence electrons. The Balaban J connectivity index is 1.47. The number of ether oxygens (including phenoxy) is 2. The van der Waals surface area contributed by atoms with Gasteiger partial charge in [0.2, 0.25) is 11.8 Å². The molecule has 3 aliphatic rings. The summed E-state index contributed by atoms with van der Waals surface area (Å²) >= 11 is 0. The van der Waals surface area contributed by atoms with Crippen molar-refractivity contribution in [2.45, 2.75) is 50.1 Å². The van der Waals surface area contributed by atoms with E-state index in [2.05, 4.69) is 27.8 Å². The average Bonchev–Trinajstić information content (AvgIpc) is 3.37. The van der Waals surface area contributed by atoms with E-state index in [9.17, 15) is 4.79 Å². The van der Waals surface area contributed by atoms with Crippen LogP contribution in [0, 0.1) is 0 Å². The van der Waals surface area contributed by atoms with Crippen molar-refractivity contribution in [2.24, 2.45) is 4.99 Å². The van der Waals surface area contributed by atoms with Crippen LogP contribution < -0.4 is 20.1 Å². The van der Waals surface area contributed by atoms with Crippen LogP contribution in [-0.2, 0) is 0 Å². The Kier molecular flexibility index (Phi) is 5.83. The molecule has 2 aromatic rings. The Labute approximate surface area is 194 Å². The molecular formula is C25H31N5O3. The number of para-hydroxylation sites is 2. The topological polar surface area (TPSA) is 88.1 Å². The molecule has 1 amide bonds. The summed E-state index contributed by atoms with van der Waals surface area (Å²) in [5.41, 5.74) is 2.07. The first-order valence-electron chi connectivity index (χ1n) is 11.7. The molecule has 1 aromatic carbocycles. The van der Waals surface area contributed by atoms with Crippen LogP contribution in [0.15, 0.2) is 41.4 Å². The number of aromatic nitrogens is 1. The van der Waals surface area contributed by atoms with Gasteiger partial charge >= 0.3 is 0 Å². The predicted molar refractivity (Wildman–Crippen MR) is 129 cm³/mol. The van der Waals surface area contributed by atoms with E-state index in [1.807, 2.05) is 17.0 Å². The van der Waals surface area contributed by atoms with E-state index in [1.165, 1.54) is 20.0 Å². The molecule has 1 spiro atoms. The number of aliphatic imine (C=N–C) groups is 1. The molecule has 33 heavy (non-hydrogen) atoms. The van der Waals surface area contributed by atoms with E-state index in [4.69, 9.17) is 14.5 Å². The lowest BCUT2D eigenvalue weighted by Crippen LogP contribution is -2.62. The highest BCUT2D eigenvalue weighted by molar-refractivity contribution is 6.10. The molecule has 1 aromatic heterocycles. The van der Waals surface area contributed by atoms with Crippen molar-refractivity contribution in [2.75, 3.05) is 37.9 Å². The summed E-state index contributed by atoms with van der Waals surface area (Å²) in [7, 11) is 3.06. The molecule has 1 aliphatic carbocycles. The molecule has 2 N–H and O–H groups in total. The highest BCUT2D eigenvalue weighted by Crippen LogP contribution is 2.38. The number of methoxy groups -OCH3 is 2. The maximum absolute atomic E-state index is 13.6. The predicted octanol–water partition coefficient (Wildman–Crippen LogP) is 3.95. The normalized spacial score (nSPS) is 23.7. The molecule has 0 radical (unpaired) electrons. The van der Waals surface area contributed by atoms with Crippen molar-refractivity contribution in [1.82, 2.24) is 9.88 Å². The van der Waals surface area contributed by atoms with Gasteiger partial charge in [-0.1, -0.05) is 25.0 Å². The molecule has 5 rings (SSSR count). The minimum absolute atomic E-state index is 0.0954. The molecule has 0 unspecified atom stereocenters. The zero-order valence-electron chi connectivity index (χ0n) is 19.3. The summed E-state index contributed by atoms with van der Waals surface area (Å²) in [6.45, 7) is 1.20. The number of amides is 1. The number of piperidine rings is 1. The number of benzene rings is 1. The molecular weight excluding hydrogens is 418 g/mol. The van der Waals surface area contributed by atoms with Gasteiger partial charge < -0.3 is 25.0 Å². The van der Waals surface area contributed by atoms with E-state index in [1.54, 1.807) is 19.2 Å².